The fraction of sp³-hybridized carbons (Fsp3) is 0.300. The predicted molar refractivity (Wildman–Crippen MR) is 102 cm³/mol. The van der Waals surface area contributed by atoms with Crippen LogP contribution >= 0.6 is 23.2 Å². The normalized spacial score (nSPS) is 16.1. The van der Waals surface area contributed by atoms with E-state index in [1.54, 1.807) is 30.3 Å². The molecule has 1 atom stereocenters. The summed E-state index contributed by atoms with van der Waals surface area (Å²) in [5.74, 6) is -0.355. The molecule has 0 unspecified atom stereocenters. The van der Waals surface area contributed by atoms with E-state index in [-0.39, 0.29) is 16.7 Å². The van der Waals surface area contributed by atoms with Gasteiger partial charge in [-0.25, -0.2) is 4.79 Å². The zero-order chi connectivity index (χ0) is 19.2. The van der Waals surface area contributed by atoms with Crippen molar-refractivity contribution in [3.63, 3.8) is 0 Å². The van der Waals surface area contributed by atoms with Crippen molar-refractivity contribution in [2.24, 2.45) is 0 Å². The summed E-state index contributed by atoms with van der Waals surface area (Å²) >= 11 is 11.8. The van der Waals surface area contributed by atoms with E-state index in [4.69, 9.17) is 37.4 Å². The van der Waals surface area contributed by atoms with Gasteiger partial charge in [-0.1, -0.05) is 23.2 Å². The molecule has 27 heavy (non-hydrogen) atoms. The number of rotatable bonds is 7. The van der Waals surface area contributed by atoms with Gasteiger partial charge in [0.25, 0.3) is 0 Å². The molecule has 0 radical (unpaired) electrons. The highest BCUT2D eigenvalue weighted by Crippen LogP contribution is 2.22. The Kier molecular flexibility index (Phi) is 6.72. The number of ketones is 1. The SMILES string of the molecule is O=C(OCC(=O)c1ccc(Cl)cc1Cl)c1ccc(OC[C@@H]2CCCO2)cc1. The number of hydrogen-bond donors (Lipinski definition) is 0. The van der Waals surface area contributed by atoms with Crippen molar-refractivity contribution in [2.75, 3.05) is 19.8 Å². The van der Waals surface area contributed by atoms with Gasteiger partial charge in [0.2, 0.25) is 5.78 Å². The Morgan fingerprint density at radius 2 is 1.89 bits per heavy atom. The molecule has 1 saturated heterocycles. The van der Waals surface area contributed by atoms with Crippen molar-refractivity contribution in [2.45, 2.75) is 18.9 Å². The van der Waals surface area contributed by atoms with Crippen molar-refractivity contribution in [1.29, 1.82) is 0 Å². The second-order valence-electron chi connectivity index (χ2n) is 6.09. The van der Waals surface area contributed by atoms with Gasteiger partial charge in [0.05, 0.1) is 16.7 Å². The van der Waals surface area contributed by atoms with Gasteiger partial charge in [-0.15, -0.1) is 0 Å². The molecule has 2 aromatic carbocycles. The van der Waals surface area contributed by atoms with Crippen LogP contribution in [0, 0.1) is 0 Å². The van der Waals surface area contributed by atoms with Gasteiger partial charge in [0, 0.05) is 17.2 Å². The number of hydrogen-bond acceptors (Lipinski definition) is 5. The number of Topliss-reactive ketones (excluding diaryl/α,β-unsaturated/α-hetero) is 1. The van der Waals surface area contributed by atoms with Gasteiger partial charge in [0.1, 0.15) is 12.4 Å². The Morgan fingerprint density at radius 3 is 2.56 bits per heavy atom. The van der Waals surface area contributed by atoms with E-state index in [0.717, 1.165) is 19.4 Å². The number of halogens is 2. The van der Waals surface area contributed by atoms with Crippen LogP contribution in [-0.2, 0) is 9.47 Å². The molecule has 0 aliphatic carbocycles. The van der Waals surface area contributed by atoms with Crippen molar-refractivity contribution in [3.05, 3.63) is 63.6 Å². The number of benzene rings is 2. The molecular weight excluding hydrogens is 391 g/mol. The summed E-state index contributed by atoms with van der Waals surface area (Å²) in [5, 5.41) is 0.645. The van der Waals surface area contributed by atoms with Crippen LogP contribution in [0.1, 0.15) is 33.6 Å². The minimum Gasteiger partial charge on any atom is -0.491 e. The average molecular weight is 409 g/mol. The first-order valence-corrected chi connectivity index (χ1v) is 9.28. The third kappa shape index (κ3) is 5.45. The second kappa shape index (κ2) is 9.22. The van der Waals surface area contributed by atoms with E-state index >= 15 is 0 Å². The minimum atomic E-state index is -0.598. The van der Waals surface area contributed by atoms with E-state index < -0.39 is 18.4 Å². The lowest BCUT2D eigenvalue weighted by Gasteiger charge is -2.11. The van der Waals surface area contributed by atoms with Crippen LogP contribution in [-0.4, -0.2) is 37.7 Å². The largest absolute Gasteiger partial charge is 0.491 e. The molecule has 7 heteroatoms. The van der Waals surface area contributed by atoms with Gasteiger partial charge in [0.15, 0.2) is 6.61 Å². The molecular formula is C20H18Cl2O5. The molecule has 1 fully saturated rings. The van der Waals surface area contributed by atoms with Crippen molar-refractivity contribution < 1.29 is 23.8 Å². The maximum absolute atomic E-state index is 12.1. The number of carbonyl (C=O) groups is 2. The third-order valence-corrected chi connectivity index (χ3v) is 4.66. The molecule has 1 heterocycles. The zero-order valence-corrected chi connectivity index (χ0v) is 16.0. The summed E-state index contributed by atoms with van der Waals surface area (Å²) in [5.41, 5.74) is 0.584. The highest BCUT2D eigenvalue weighted by molar-refractivity contribution is 6.36. The molecule has 5 nitrogen and oxygen atoms in total. The fourth-order valence-corrected chi connectivity index (χ4v) is 3.17. The van der Waals surface area contributed by atoms with E-state index in [1.807, 2.05) is 0 Å². The van der Waals surface area contributed by atoms with Crippen LogP contribution < -0.4 is 4.74 Å². The summed E-state index contributed by atoms with van der Waals surface area (Å²) in [6.07, 6.45) is 2.18. The van der Waals surface area contributed by atoms with Gasteiger partial charge in [-0.3, -0.25) is 4.79 Å². The molecule has 0 N–H and O–H groups in total. The molecule has 0 spiro atoms. The molecule has 3 rings (SSSR count). The smallest absolute Gasteiger partial charge is 0.338 e. The summed E-state index contributed by atoms with van der Waals surface area (Å²) in [6.45, 7) is 0.858. The van der Waals surface area contributed by atoms with Crippen LogP contribution in [0.3, 0.4) is 0 Å². The average Bonchev–Trinajstić information content (AvgIpc) is 3.18. The molecule has 2 aromatic rings. The van der Waals surface area contributed by atoms with Gasteiger partial charge < -0.3 is 14.2 Å². The van der Waals surface area contributed by atoms with E-state index in [0.29, 0.717) is 22.9 Å². The predicted octanol–water partition coefficient (Wildman–Crippen LogP) is 4.59. The zero-order valence-electron chi connectivity index (χ0n) is 14.5. The van der Waals surface area contributed by atoms with E-state index in [1.165, 1.54) is 12.1 Å². The maximum Gasteiger partial charge on any atom is 0.338 e. The highest BCUT2D eigenvalue weighted by Gasteiger charge is 2.17. The fourth-order valence-electron chi connectivity index (χ4n) is 2.66. The van der Waals surface area contributed by atoms with E-state index in [9.17, 15) is 9.59 Å². The van der Waals surface area contributed by atoms with Crippen molar-refractivity contribution >= 4 is 35.0 Å². The van der Waals surface area contributed by atoms with Crippen LogP contribution in [0.4, 0.5) is 0 Å². The van der Waals surface area contributed by atoms with Crippen LogP contribution in [0.15, 0.2) is 42.5 Å². The van der Waals surface area contributed by atoms with Crippen LogP contribution in [0.5, 0.6) is 5.75 Å². The van der Waals surface area contributed by atoms with Gasteiger partial charge in [-0.2, -0.15) is 0 Å². The lowest BCUT2D eigenvalue weighted by Crippen LogP contribution is -2.16. The molecule has 1 aliphatic rings. The molecule has 0 aromatic heterocycles. The summed E-state index contributed by atoms with van der Waals surface area (Å²) in [7, 11) is 0. The molecule has 1 aliphatic heterocycles. The molecule has 0 saturated carbocycles. The lowest BCUT2D eigenvalue weighted by atomic mass is 10.1. The summed E-state index contributed by atoms with van der Waals surface area (Å²) < 4.78 is 16.2. The maximum atomic E-state index is 12.1. The van der Waals surface area contributed by atoms with E-state index in [2.05, 4.69) is 0 Å². The summed E-state index contributed by atoms with van der Waals surface area (Å²) in [4.78, 5) is 24.2. The first-order chi connectivity index (χ1) is 13.0. The molecule has 142 valence electrons. The first kappa shape index (κ1) is 19.7. The van der Waals surface area contributed by atoms with Gasteiger partial charge >= 0.3 is 5.97 Å². The number of esters is 1. The Bertz CT molecular complexity index is 814. The number of ether oxygens (including phenoxy) is 3. The second-order valence-corrected chi connectivity index (χ2v) is 6.94. The quantitative estimate of drug-likeness (QED) is 0.495. The highest BCUT2D eigenvalue weighted by atomic mass is 35.5. The Hall–Kier alpha value is -2.08. The Balaban J connectivity index is 1.50. The van der Waals surface area contributed by atoms with Crippen LogP contribution in [0.25, 0.3) is 0 Å². The Labute approximate surface area is 167 Å². The monoisotopic (exact) mass is 408 g/mol. The standard InChI is InChI=1S/C20H18Cl2O5/c21-14-5-8-17(18(22)10-14)19(23)12-27-20(24)13-3-6-15(7-4-13)26-11-16-2-1-9-25-16/h3-8,10,16H,1-2,9,11-12H2/t16-/m0/s1. The molecule has 0 amide bonds. The number of carbonyl (C=O) groups excluding carboxylic acids is 2. The Morgan fingerprint density at radius 1 is 1.11 bits per heavy atom. The topological polar surface area (TPSA) is 61.8 Å². The third-order valence-electron chi connectivity index (χ3n) is 4.12. The molecule has 0 bridgehead atoms. The minimum absolute atomic E-state index is 0.125. The van der Waals surface area contributed by atoms with Crippen molar-refractivity contribution in [3.8, 4) is 5.75 Å². The van der Waals surface area contributed by atoms with Crippen molar-refractivity contribution in [1.82, 2.24) is 0 Å². The van der Waals surface area contributed by atoms with Crippen LogP contribution in [0.2, 0.25) is 10.0 Å². The van der Waals surface area contributed by atoms with Gasteiger partial charge in [-0.05, 0) is 55.3 Å². The first-order valence-electron chi connectivity index (χ1n) is 8.53. The lowest BCUT2D eigenvalue weighted by molar-refractivity contribution is 0.0474. The summed E-state index contributed by atoms with van der Waals surface area (Å²) in [6, 6.07) is 11.1.